The van der Waals surface area contributed by atoms with Gasteiger partial charge in [0.25, 0.3) is 0 Å². The first-order valence-corrected chi connectivity index (χ1v) is 1.25. The van der Waals surface area contributed by atoms with Gasteiger partial charge < -0.3 is 57.1 Å². The first-order chi connectivity index (χ1) is 2.91. The van der Waals surface area contributed by atoms with Crippen molar-refractivity contribution in [3.63, 3.8) is 0 Å². The summed E-state index contributed by atoms with van der Waals surface area (Å²) in [6.07, 6.45) is 1.89. The number of hydrogen-bond donors (Lipinski definition) is 2. The summed E-state index contributed by atoms with van der Waals surface area (Å²) in [5, 5.41) is 20.1. The van der Waals surface area contributed by atoms with Crippen LogP contribution in [-0.2, 0) is 0 Å². The third kappa shape index (κ3) is 207. The second-order valence-corrected chi connectivity index (χ2v) is 0.529. The number of rotatable bonds is 1. The van der Waals surface area contributed by atoms with E-state index < -0.39 is 0 Å². The Balaban J connectivity index is -0.00000000189. The van der Waals surface area contributed by atoms with Gasteiger partial charge >= 0.3 is 59.1 Å². The van der Waals surface area contributed by atoms with Crippen LogP contribution in [0.25, 0.3) is 0 Å². The van der Waals surface area contributed by atoms with Gasteiger partial charge in [-0.25, -0.2) is 0 Å². The van der Waals surface area contributed by atoms with Crippen LogP contribution in [0.2, 0.25) is 0 Å². The van der Waals surface area contributed by atoms with Crippen LogP contribution < -0.4 is 59.1 Å². The van der Waals surface area contributed by atoms with Crippen molar-refractivity contribution in [2.75, 3.05) is 0 Å². The Bertz CT molecular complexity index is 82.3. The van der Waals surface area contributed by atoms with Gasteiger partial charge in [0.15, 0.2) is 0 Å². The van der Waals surface area contributed by atoms with Crippen LogP contribution in [0.3, 0.4) is 0 Å². The molecule has 0 aromatic rings. The smallest absolute Gasteiger partial charge is 1.00 e. The van der Waals surface area contributed by atoms with Gasteiger partial charge in [0, 0.05) is 0 Å². The fraction of sp³-hybridized carbons (Fsp3) is 0. The first-order valence-electron chi connectivity index (χ1n) is 1.25. The van der Waals surface area contributed by atoms with Crippen LogP contribution in [-0.4, -0.2) is 66.7 Å². The zero-order valence-corrected chi connectivity index (χ0v) is 12.9. The van der Waals surface area contributed by atoms with Gasteiger partial charge in [-0.1, -0.05) is 10.3 Å². The van der Waals surface area contributed by atoms with Crippen LogP contribution in [0.5, 0.6) is 0 Å². The summed E-state index contributed by atoms with van der Waals surface area (Å²) in [7, 11) is 0. The predicted molar refractivity (Wildman–Crippen MR) is 51.7 cm³/mol. The number of nitrogens with zero attached hydrogens (tertiary/aromatic N) is 2. The van der Waals surface area contributed by atoms with E-state index in [2.05, 4.69) is 10.3 Å². The minimum absolute atomic E-state index is 0. The van der Waals surface area contributed by atoms with E-state index in [1.165, 1.54) is 0 Å². The summed E-state index contributed by atoms with van der Waals surface area (Å²) < 4.78 is 0. The molecule has 0 saturated carbocycles. The van der Waals surface area contributed by atoms with Crippen LogP contribution in [0.4, 0.5) is 0 Å². The Hall–Kier alpha value is 0.620. The van der Waals surface area contributed by atoms with Crippen LogP contribution in [0.15, 0.2) is 10.3 Å². The molecule has 14 heteroatoms. The zero-order valence-electron chi connectivity index (χ0n) is 10.9. The summed E-state index contributed by atoms with van der Waals surface area (Å²) in [5.41, 5.74) is 0. The van der Waals surface area contributed by atoms with E-state index in [1.807, 2.05) is 0 Å². The van der Waals surface area contributed by atoms with Crippen molar-refractivity contribution in [1.82, 2.24) is 0 Å². The molecule has 0 heterocycles. The Morgan fingerprint density at radius 2 is 0.688 bits per heavy atom. The minimum atomic E-state index is 0. The van der Waals surface area contributed by atoms with Crippen LogP contribution in [0.1, 0.15) is 2.85 Å². The maximum absolute atomic E-state index is 7.56. The van der Waals surface area contributed by atoms with Gasteiger partial charge in [0.2, 0.25) is 0 Å². The molecule has 0 aromatic heterocycles. The molecule has 0 fully saturated rings. The van der Waals surface area contributed by atoms with Crippen molar-refractivity contribution in [1.29, 1.82) is 0 Å². The van der Waals surface area contributed by atoms with Crippen molar-refractivity contribution < 1.29 is 116 Å². The molecule has 0 saturated heterocycles. The van der Waals surface area contributed by atoms with Gasteiger partial charge in [0.05, 0.1) is 12.4 Å². The molecule has 0 aliphatic heterocycles. The van der Waals surface area contributed by atoms with Crippen molar-refractivity contribution >= 4 is 12.4 Å². The summed E-state index contributed by atoms with van der Waals surface area (Å²) in [6, 6.07) is 0. The maximum Gasteiger partial charge on any atom is 1.00 e. The molecule has 0 spiro atoms. The van der Waals surface area contributed by atoms with Gasteiger partial charge in [0.1, 0.15) is 0 Å². The molecule has 0 rings (SSSR count). The van der Waals surface area contributed by atoms with Gasteiger partial charge in [-0.3, -0.25) is 0 Å². The Labute approximate surface area is 138 Å². The molecule has 18 N–H and O–H groups in total. The second kappa shape index (κ2) is 156. The fourth-order valence-electron chi connectivity index (χ4n) is 0.0596. The normalized spacial score (nSPS) is 4.25. The molecule has 0 aromatic carbocycles. The maximum atomic E-state index is 7.56. The van der Waals surface area contributed by atoms with E-state index in [0.717, 1.165) is 12.4 Å². The first kappa shape index (κ1) is 128. The van der Waals surface area contributed by atoms with E-state index in [0.29, 0.717) is 0 Å². The number of oxime groups is 2. The molecule has 0 radical (unpaired) electrons. The largest absolute Gasteiger partial charge is 1.00 e. The standard InChI is InChI=1S/C2H4N2O2.2Na.8H2O.2H/c5-3-1-2-4-6;;;;;;;;;;;;/h1-2,5-6H;;;8*1H2;;/q;2*+1;;;;;;;;;2*-1. The third-order valence-electron chi connectivity index (χ3n) is 0.200. The predicted octanol–water partition coefficient (Wildman–Crippen LogP) is -12.5. The van der Waals surface area contributed by atoms with Crippen molar-refractivity contribution in [2.45, 2.75) is 0 Å². The average molecular weight is 280 g/mol. The van der Waals surface area contributed by atoms with Crippen LogP contribution in [0, 0.1) is 0 Å². The molecule has 0 amide bonds. The van der Waals surface area contributed by atoms with Crippen molar-refractivity contribution in [2.24, 2.45) is 10.3 Å². The van der Waals surface area contributed by atoms with E-state index in [4.69, 9.17) is 10.4 Å². The van der Waals surface area contributed by atoms with Gasteiger partial charge in [-0.2, -0.15) is 0 Å². The third-order valence-corrected chi connectivity index (χ3v) is 0.200. The van der Waals surface area contributed by atoms with E-state index in [9.17, 15) is 0 Å². The van der Waals surface area contributed by atoms with E-state index >= 15 is 0 Å². The zero-order chi connectivity index (χ0) is 4.83. The van der Waals surface area contributed by atoms with E-state index in [-0.39, 0.29) is 106 Å². The van der Waals surface area contributed by atoms with E-state index in [1.54, 1.807) is 0 Å². The van der Waals surface area contributed by atoms with Crippen molar-refractivity contribution in [3.8, 4) is 0 Å². The Morgan fingerprint density at radius 1 is 0.562 bits per heavy atom. The van der Waals surface area contributed by atoms with Crippen molar-refractivity contribution in [3.05, 3.63) is 0 Å². The molecule has 102 valence electrons. The van der Waals surface area contributed by atoms with Gasteiger partial charge in [-0.05, 0) is 0 Å². The Morgan fingerprint density at radius 3 is 0.750 bits per heavy atom. The molecule has 0 aliphatic rings. The molecule has 0 bridgehead atoms. The SMILES string of the molecule is O.O.O.O.O.O.O.O.ON=CC=NO.[H-].[H-].[Na+].[Na+]. The molecule has 16 heavy (non-hydrogen) atoms. The Kier molecular flexibility index (Phi) is 1260. The monoisotopic (exact) mass is 280 g/mol. The minimum Gasteiger partial charge on any atom is -1.00 e. The quantitative estimate of drug-likeness (QED) is 0.204. The summed E-state index contributed by atoms with van der Waals surface area (Å²) in [4.78, 5) is 0. The summed E-state index contributed by atoms with van der Waals surface area (Å²) in [5.74, 6) is 0. The molecular formula is C2H22N2Na2O10. The molecule has 0 aliphatic carbocycles. The summed E-state index contributed by atoms with van der Waals surface area (Å²) >= 11 is 0. The second-order valence-electron chi connectivity index (χ2n) is 0.529. The molecule has 0 atom stereocenters. The fourth-order valence-corrected chi connectivity index (χ4v) is 0.0596. The topological polar surface area (TPSA) is 317 Å². The molecule has 12 nitrogen and oxygen atoms in total. The van der Waals surface area contributed by atoms with Crippen LogP contribution >= 0.6 is 0 Å². The van der Waals surface area contributed by atoms with Gasteiger partial charge in [-0.15, -0.1) is 0 Å². The summed E-state index contributed by atoms with van der Waals surface area (Å²) in [6.45, 7) is 0. The molecule has 0 unspecified atom stereocenters. The number of hydrogen-bond acceptors (Lipinski definition) is 4. The molecular weight excluding hydrogens is 258 g/mol. The average Bonchev–Trinajstić information content (AvgIpc) is 1.61.